The summed E-state index contributed by atoms with van der Waals surface area (Å²) in [6, 6.07) is 7.64. The highest BCUT2D eigenvalue weighted by molar-refractivity contribution is 9.10. The molecule has 1 aromatic carbocycles. The van der Waals surface area contributed by atoms with Crippen molar-refractivity contribution in [3.05, 3.63) is 28.7 Å². The molecule has 2 bridgehead atoms. The topological polar surface area (TPSA) is 49.3 Å². The molecule has 0 spiro atoms. The van der Waals surface area contributed by atoms with Crippen molar-refractivity contribution in [2.45, 2.75) is 46.1 Å². The number of carbonyl (C=O) groups excluding carboxylic acids is 1. The summed E-state index contributed by atoms with van der Waals surface area (Å²) < 4.78 is 0.881. The summed E-state index contributed by atoms with van der Waals surface area (Å²) in [5.41, 5.74) is -0.0536. The lowest BCUT2D eigenvalue weighted by atomic mass is 9.64. The second kappa shape index (κ2) is 4.56. The number of halogens is 1. The molecule has 3 nitrogen and oxygen atoms in total. The van der Waals surface area contributed by atoms with Crippen molar-refractivity contribution in [2.24, 2.45) is 16.2 Å². The van der Waals surface area contributed by atoms with Gasteiger partial charge in [0.1, 0.15) is 0 Å². The highest BCUT2D eigenvalue weighted by Crippen LogP contribution is 2.72. The molecule has 0 saturated heterocycles. The van der Waals surface area contributed by atoms with Gasteiger partial charge in [0.05, 0.1) is 17.2 Å². The van der Waals surface area contributed by atoms with Crippen LogP contribution in [-0.4, -0.2) is 17.1 Å². The van der Waals surface area contributed by atoms with Crippen molar-refractivity contribution in [3.63, 3.8) is 0 Å². The molecule has 0 aromatic heterocycles. The molecule has 21 heavy (non-hydrogen) atoms. The maximum atomic E-state index is 13.0. The number of hydrogen-bond acceptors (Lipinski definition) is 2. The molecular formula is C17H22BrNO2. The van der Waals surface area contributed by atoms with Crippen LogP contribution in [0.5, 0.6) is 0 Å². The third kappa shape index (κ3) is 1.78. The number of rotatable bonds is 2. The third-order valence-electron chi connectivity index (χ3n) is 6.53. The van der Waals surface area contributed by atoms with E-state index in [1.807, 2.05) is 24.3 Å². The lowest BCUT2D eigenvalue weighted by Gasteiger charge is -2.40. The third-order valence-corrected chi connectivity index (χ3v) is 7.22. The minimum absolute atomic E-state index is 0.0414. The summed E-state index contributed by atoms with van der Waals surface area (Å²) in [5.74, 6) is 0.0414. The highest BCUT2D eigenvalue weighted by Gasteiger charge is 2.72. The van der Waals surface area contributed by atoms with E-state index in [0.29, 0.717) is 6.42 Å². The Labute approximate surface area is 134 Å². The fourth-order valence-corrected chi connectivity index (χ4v) is 4.82. The number of fused-ring (bicyclic) bond motifs is 2. The molecule has 114 valence electrons. The molecule has 0 aliphatic heterocycles. The summed E-state index contributed by atoms with van der Waals surface area (Å²) in [6.07, 6.45) is 1.92. The largest absolute Gasteiger partial charge is 0.393 e. The lowest BCUT2D eigenvalue weighted by molar-refractivity contribution is -0.130. The minimum Gasteiger partial charge on any atom is -0.393 e. The number of benzene rings is 1. The van der Waals surface area contributed by atoms with Gasteiger partial charge in [0.2, 0.25) is 5.91 Å². The van der Waals surface area contributed by atoms with Crippen LogP contribution >= 0.6 is 15.9 Å². The highest BCUT2D eigenvalue weighted by atomic mass is 79.9. The van der Waals surface area contributed by atoms with E-state index in [1.165, 1.54) is 0 Å². The molecule has 2 fully saturated rings. The number of aliphatic hydroxyl groups is 1. The fourth-order valence-electron chi connectivity index (χ4n) is 4.43. The molecule has 3 atom stereocenters. The van der Waals surface area contributed by atoms with Gasteiger partial charge in [-0.1, -0.05) is 32.9 Å². The molecule has 1 aromatic rings. The quantitative estimate of drug-likeness (QED) is 0.846. The number of para-hydroxylation sites is 1. The smallest absolute Gasteiger partial charge is 0.231 e. The zero-order valence-corrected chi connectivity index (χ0v) is 14.3. The number of aliphatic hydroxyl groups excluding tert-OH is 1. The molecule has 2 saturated carbocycles. The van der Waals surface area contributed by atoms with Gasteiger partial charge in [-0.15, -0.1) is 0 Å². The minimum atomic E-state index is -0.476. The average molecular weight is 352 g/mol. The molecule has 2 aliphatic carbocycles. The van der Waals surface area contributed by atoms with Crippen LogP contribution in [0, 0.1) is 16.2 Å². The van der Waals surface area contributed by atoms with Crippen LogP contribution in [0.4, 0.5) is 5.69 Å². The molecule has 3 unspecified atom stereocenters. The monoisotopic (exact) mass is 351 g/mol. The van der Waals surface area contributed by atoms with E-state index in [1.54, 1.807) is 0 Å². The van der Waals surface area contributed by atoms with Gasteiger partial charge in [0.25, 0.3) is 0 Å². The van der Waals surface area contributed by atoms with Crippen molar-refractivity contribution in [1.29, 1.82) is 0 Å². The first-order chi connectivity index (χ1) is 9.74. The van der Waals surface area contributed by atoms with Crippen molar-refractivity contribution < 1.29 is 9.90 Å². The number of nitrogens with one attached hydrogen (secondary N) is 1. The Hall–Kier alpha value is -0.870. The number of hydrogen-bond donors (Lipinski definition) is 2. The Morgan fingerprint density at radius 1 is 1.29 bits per heavy atom. The van der Waals surface area contributed by atoms with Gasteiger partial charge in [-0.05, 0) is 58.2 Å². The van der Waals surface area contributed by atoms with E-state index < -0.39 is 11.5 Å². The van der Waals surface area contributed by atoms with Crippen LogP contribution in [0.3, 0.4) is 0 Å². The predicted octanol–water partition coefficient (Wildman–Crippen LogP) is 3.96. The summed E-state index contributed by atoms with van der Waals surface area (Å²) >= 11 is 3.47. The summed E-state index contributed by atoms with van der Waals surface area (Å²) in [5, 5.41) is 13.5. The van der Waals surface area contributed by atoms with Crippen molar-refractivity contribution in [3.8, 4) is 0 Å². The standard InChI is InChI=1S/C17H22BrNO2/c1-15(2)16(3)8-9-17(15,10-13(16)20)14(21)19-12-7-5-4-6-11(12)18/h4-7,13,20H,8-10H2,1-3H3,(H,19,21). The Morgan fingerprint density at radius 2 is 1.95 bits per heavy atom. The lowest BCUT2D eigenvalue weighted by Crippen LogP contribution is -2.43. The van der Waals surface area contributed by atoms with Crippen LogP contribution in [0.25, 0.3) is 0 Å². The molecule has 1 amide bonds. The molecular weight excluding hydrogens is 330 g/mol. The summed E-state index contributed by atoms with van der Waals surface area (Å²) in [7, 11) is 0. The van der Waals surface area contributed by atoms with E-state index in [-0.39, 0.29) is 16.7 Å². The Bertz CT molecular complexity index is 600. The van der Waals surface area contributed by atoms with E-state index in [2.05, 4.69) is 42.0 Å². The Morgan fingerprint density at radius 3 is 2.48 bits per heavy atom. The first kappa shape index (κ1) is 15.0. The first-order valence-corrected chi connectivity index (χ1v) is 8.28. The SMILES string of the molecule is CC12CCC(C(=O)Nc3ccccc3Br)(CC1O)C2(C)C. The Kier molecular flexibility index (Phi) is 3.27. The van der Waals surface area contributed by atoms with Gasteiger partial charge in [0, 0.05) is 4.47 Å². The number of carbonyl (C=O) groups is 1. The van der Waals surface area contributed by atoms with E-state index in [0.717, 1.165) is 23.0 Å². The zero-order chi connectivity index (χ0) is 15.5. The van der Waals surface area contributed by atoms with Gasteiger partial charge in [-0.2, -0.15) is 0 Å². The summed E-state index contributed by atoms with van der Waals surface area (Å²) in [6.45, 7) is 6.39. The number of amides is 1. The average Bonchev–Trinajstić information content (AvgIpc) is 2.72. The van der Waals surface area contributed by atoms with Crippen LogP contribution in [0.1, 0.15) is 40.0 Å². The molecule has 2 N–H and O–H groups in total. The van der Waals surface area contributed by atoms with Crippen LogP contribution in [0.2, 0.25) is 0 Å². The fraction of sp³-hybridized carbons (Fsp3) is 0.588. The normalized spacial score (nSPS) is 36.7. The maximum absolute atomic E-state index is 13.0. The zero-order valence-electron chi connectivity index (χ0n) is 12.7. The second-order valence-corrected chi connectivity index (χ2v) is 8.13. The van der Waals surface area contributed by atoms with Gasteiger partial charge in [0.15, 0.2) is 0 Å². The van der Waals surface area contributed by atoms with Crippen molar-refractivity contribution >= 4 is 27.5 Å². The van der Waals surface area contributed by atoms with Gasteiger partial charge in [-0.25, -0.2) is 0 Å². The van der Waals surface area contributed by atoms with Crippen molar-refractivity contribution in [2.75, 3.05) is 5.32 Å². The molecule has 2 aliphatic rings. The Balaban J connectivity index is 1.94. The van der Waals surface area contributed by atoms with Crippen molar-refractivity contribution in [1.82, 2.24) is 0 Å². The molecule has 3 rings (SSSR count). The second-order valence-electron chi connectivity index (χ2n) is 7.28. The molecule has 4 heteroatoms. The van der Waals surface area contributed by atoms with Crippen LogP contribution in [0.15, 0.2) is 28.7 Å². The van der Waals surface area contributed by atoms with Crippen LogP contribution in [-0.2, 0) is 4.79 Å². The van der Waals surface area contributed by atoms with E-state index >= 15 is 0 Å². The van der Waals surface area contributed by atoms with Gasteiger partial charge < -0.3 is 10.4 Å². The van der Waals surface area contributed by atoms with Crippen LogP contribution < -0.4 is 5.32 Å². The first-order valence-electron chi connectivity index (χ1n) is 7.49. The molecule has 0 heterocycles. The van der Waals surface area contributed by atoms with Gasteiger partial charge in [-0.3, -0.25) is 4.79 Å². The maximum Gasteiger partial charge on any atom is 0.231 e. The van der Waals surface area contributed by atoms with Gasteiger partial charge >= 0.3 is 0 Å². The van der Waals surface area contributed by atoms with E-state index in [9.17, 15) is 9.90 Å². The van der Waals surface area contributed by atoms with E-state index in [4.69, 9.17) is 0 Å². The molecule has 0 radical (unpaired) electrons. The summed E-state index contributed by atoms with van der Waals surface area (Å²) in [4.78, 5) is 13.0. The predicted molar refractivity (Wildman–Crippen MR) is 87.0 cm³/mol. The number of anilines is 1.